The summed E-state index contributed by atoms with van der Waals surface area (Å²) in [6.45, 7) is 4.07. The molecule has 0 unspecified atom stereocenters. The summed E-state index contributed by atoms with van der Waals surface area (Å²) in [4.78, 5) is 25.6. The molecule has 4 N–H and O–H groups in total. The average Bonchev–Trinajstić information content (AvgIpc) is 3.06. The van der Waals surface area contributed by atoms with E-state index in [1.165, 1.54) is 12.5 Å². The number of carbonyl (C=O) groups excluding carboxylic acids is 2. The zero-order valence-electron chi connectivity index (χ0n) is 15.5. The largest absolute Gasteiger partial charge is 0.330 e. The lowest BCUT2D eigenvalue weighted by molar-refractivity contribution is -0.117. The quantitative estimate of drug-likeness (QED) is 0.732. The normalized spacial score (nSPS) is 19.6. The van der Waals surface area contributed by atoms with Gasteiger partial charge in [-0.05, 0) is 42.3 Å². The van der Waals surface area contributed by atoms with Gasteiger partial charge in [-0.1, -0.05) is 30.3 Å². The van der Waals surface area contributed by atoms with Gasteiger partial charge in [0.2, 0.25) is 11.8 Å². The summed E-state index contributed by atoms with van der Waals surface area (Å²) in [7, 11) is 0. The van der Waals surface area contributed by atoms with E-state index in [2.05, 4.69) is 27.7 Å². The molecule has 142 valence electrons. The lowest BCUT2D eigenvalue weighted by Gasteiger charge is -2.16. The monoisotopic (exact) mass is 366 g/mol. The molecule has 0 spiro atoms. The first-order valence-electron chi connectivity index (χ1n) is 9.20. The van der Waals surface area contributed by atoms with Crippen LogP contribution in [0.2, 0.25) is 0 Å². The molecule has 1 aliphatic heterocycles. The summed E-state index contributed by atoms with van der Waals surface area (Å²) in [5.41, 5.74) is 8.67. The summed E-state index contributed by atoms with van der Waals surface area (Å²) < 4.78 is 0. The van der Waals surface area contributed by atoms with Crippen LogP contribution in [0.15, 0.2) is 54.6 Å². The highest BCUT2D eigenvalue weighted by Crippen LogP contribution is 2.31. The molecule has 2 atom stereocenters. The number of likely N-dealkylation sites (tertiary alicyclic amines) is 1. The summed E-state index contributed by atoms with van der Waals surface area (Å²) >= 11 is 0. The van der Waals surface area contributed by atoms with Crippen molar-refractivity contribution in [1.29, 1.82) is 0 Å². The van der Waals surface area contributed by atoms with E-state index in [4.69, 9.17) is 5.73 Å². The van der Waals surface area contributed by atoms with Gasteiger partial charge in [0.05, 0.1) is 6.54 Å². The molecule has 3 rings (SSSR count). The molecule has 2 aromatic rings. The molecule has 6 heteroatoms. The van der Waals surface area contributed by atoms with Crippen LogP contribution in [0.1, 0.15) is 18.4 Å². The van der Waals surface area contributed by atoms with E-state index in [9.17, 15) is 9.59 Å². The van der Waals surface area contributed by atoms with Crippen molar-refractivity contribution in [3.8, 4) is 0 Å². The molecule has 0 radical (unpaired) electrons. The minimum Gasteiger partial charge on any atom is -0.330 e. The highest BCUT2D eigenvalue weighted by atomic mass is 16.2. The molecular formula is C21H26N4O2. The van der Waals surface area contributed by atoms with E-state index in [0.717, 1.165) is 13.1 Å². The molecule has 1 aliphatic rings. The molecule has 0 aromatic heterocycles. The maximum atomic E-state index is 12.4. The van der Waals surface area contributed by atoms with Gasteiger partial charge in [-0.2, -0.15) is 0 Å². The van der Waals surface area contributed by atoms with Gasteiger partial charge < -0.3 is 16.4 Å². The van der Waals surface area contributed by atoms with Crippen molar-refractivity contribution in [3.63, 3.8) is 0 Å². The number of hydrogen-bond acceptors (Lipinski definition) is 4. The second kappa shape index (κ2) is 8.79. The van der Waals surface area contributed by atoms with Crippen molar-refractivity contribution >= 4 is 23.2 Å². The van der Waals surface area contributed by atoms with E-state index >= 15 is 0 Å². The Morgan fingerprint density at radius 3 is 2.22 bits per heavy atom. The predicted octanol–water partition coefficient (Wildman–Crippen LogP) is 2.26. The number of anilines is 2. The fraction of sp³-hybridized carbons (Fsp3) is 0.333. The SMILES string of the molecule is CC(=O)Nc1ccc(NC(=O)CN2C[C@@H](CN)[C@H](c3ccccc3)C2)cc1. The van der Waals surface area contributed by atoms with Gasteiger partial charge in [-0.3, -0.25) is 14.5 Å². The van der Waals surface area contributed by atoms with Crippen LogP contribution >= 0.6 is 0 Å². The van der Waals surface area contributed by atoms with Gasteiger partial charge in [0.15, 0.2) is 0 Å². The molecule has 2 amide bonds. The van der Waals surface area contributed by atoms with Crippen LogP contribution < -0.4 is 16.4 Å². The van der Waals surface area contributed by atoms with Gasteiger partial charge in [0.25, 0.3) is 0 Å². The number of nitrogens with two attached hydrogens (primary N) is 1. The molecule has 1 saturated heterocycles. The minimum absolute atomic E-state index is 0.0493. The fourth-order valence-electron chi connectivity index (χ4n) is 3.65. The van der Waals surface area contributed by atoms with Crippen LogP contribution in [0, 0.1) is 5.92 Å². The number of carbonyl (C=O) groups is 2. The molecule has 2 aromatic carbocycles. The number of amides is 2. The smallest absolute Gasteiger partial charge is 0.238 e. The first kappa shape index (κ1) is 19.1. The Bertz CT molecular complexity index is 777. The van der Waals surface area contributed by atoms with Crippen LogP contribution in [0.4, 0.5) is 11.4 Å². The van der Waals surface area contributed by atoms with Crippen molar-refractivity contribution in [2.75, 3.05) is 36.8 Å². The minimum atomic E-state index is -0.122. The Morgan fingerprint density at radius 2 is 1.63 bits per heavy atom. The topological polar surface area (TPSA) is 87.5 Å². The highest BCUT2D eigenvalue weighted by Gasteiger charge is 2.33. The van der Waals surface area contributed by atoms with Crippen molar-refractivity contribution in [1.82, 2.24) is 4.90 Å². The van der Waals surface area contributed by atoms with Crippen molar-refractivity contribution < 1.29 is 9.59 Å². The van der Waals surface area contributed by atoms with Crippen LogP contribution in [0.5, 0.6) is 0 Å². The maximum absolute atomic E-state index is 12.4. The van der Waals surface area contributed by atoms with Gasteiger partial charge in [0.1, 0.15) is 0 Å². The van der Waals surface area contributed by atoms with Gasteiger partial charge in [-0.15, -0.1) is 0 Å². The number of nitrogens with one attached hydrogen (secondary N) is 2. The predicted molar refractivity (Wildman–Crippen MR) is 108 cm³/mol. The Kier molecular flexibility index (Phi) is 6.21. The number of benzene rings is 2. The number of rotatable bonds is 6. The zero-order chi connectivity index (χ0) is 19.2. The number of nitrogens with zero attached hydrogens (tertiary/aromatic N) is 1. The van der Waals surface area contributed by atoms with E-state index in [0.29, 0.717) is 36.3 Å². The molecule has 27 heavy (non-hydrogen) atoms. The Labute approximate surface area is 159 Å². The second-order valence-electron chi connectivity index (χ2n) is 7.01. The first-order chi connectivity index (χ1) is 13.0. The van der Waals surface area contributed by atoms with E-state index in [1.807, 2.05) is 18.2 Å². The van der Waals surface area contributed by atoms with Crippen molar-refractivity contribution in [2.24, 2.45) is 11.7 Å². The summed E-state index contributed by atoms with van der Waals surface area (Å²) in [5.74, 6) is 0.549. The molecule has 6 nitrogen and oxygen atoms in total. The van der Waals surface area contributed by atoms with Crippen LogP contribution in [-0.2, 0) is 9.59 Å². The maximum Gasteiger partial charge on any atom is 0.238 e. The molecule has 0 aliphatic carbocycles. The van der Waals surface area contributed by atoms with Crippen molar-refractivity contribution in [2.45, 2.75) is 12.8 Å². The second-order valence-corrected chi connectivity index (χ2v) is 7.01. The molecule has 0 saturated carbocycles. The third-order valence-corrected chi connectivity index (χ3v) is 4.90. The fourth-order valence-corrected chi connectivity index (χ4v) is 3.65. The van der Waals surface area contributed by atoms with Crippen LogP contribution in [0.3, 0.4) is 0 Å². The summed E-state index contributed by atoms with van der Waals surface area (Å²) in [6, 6.07) is 17.5. The molecular weight excluding hydrogens is 340 g/mol. The first-order valence-corrected chi connectivity index (χ1v) is 9.20. The van der Waals surface area contributed by atoms with E-state index in [-0.39, 0.29) is 11.8 Å². The average molecular weight is 366 g/mol. The standard InChI is InChI=1S/C21H26N4O2/c1-15(26)23-18-7-9-19(10-8-18)24-21(27)14-25-12-17(11-22)20(13-25)16-5-3-2-4-6-16/h2-10,17,20H,11-14,22H2,1H3,(H,23,26)(H,24,27)/t17-,20+/m1/s1. The highest BCUT2D eigenvalue weighted by molar-refractivity contribution is 5.93. The van der Waals surface area contributed by atoms with Crippen LogP contribution in [0.25, 0.3) is 0 Å². The van der Waals surface area contributed by atoms with Crippen LogP contribution in [-0.4, -0.2) is 42.9 Å². The van der Waals surface area contributed by atoms with Gasteiger partial charge in [0, 0.05) is 37.3 Å². The zero-order valence-corrected chi connectivity index (χ0v) is 15.5. The number of hydrogen-bond donors (Lipinski definition) is 3. The summed E-state index contributed by atoms with van der Waals surface area (Å²) in [5, 5.41) is 5.62. The molecule has 1 fully saturated rings. The third-order valence-electron chi connectivity index (χ3n) is 4.90. The third kappa shape index (κ3) is 5.15. The molecule has 1 heterocycles. The molecule has 0 bridgehead atoms. The lowest BCUT2D eigenvalue weighted by atomic mass is 9.89. The van der Waals surface area contributed by atoms with E-state index in [1.54, 1.807) is 24.3 Å². The lowest BCUT2D eigenvalue weighted by Crippen LogP contribution is -2.32. The van der Waals surface area contributed by atoms with Crippen molar-refractivity contribution in [3.05, 3.63) is 60.2 Å². The summed E-state index contributed by atoms with van der Waals surface area (Å²) in [6.07, 6.45) is 0. The Balaban J connectivity index is 1.55. The van der Waals surface area contributed by atoms with Gasteiger partial charge >= 0.3 is 0 Å². The van der Waals surface area contributed by atoms with Gasteiger partial charge in [-0.25, -0.2) is 0 Å². The van der Waals surface area contributed by atoms with E-state index < -0.39 is 0 Å². The Hall–Kier alpha value is -2.70. The Morgan fingerprint density at radius 1 is 1.00 bits per heavy atom.